The molecule has 14 heteroatoms. The summed E-state index contributed by atoms with van der Waals surface area (Å²) < 4.78 is 11.5. The third-order valence-corrected chi connectivity index (χ3v) is 9.71. The second kappa shape index (κ2) is 24.9. The molecule has 4 aromatic rings. The number of hydrogen-bond donors (Lipinski definition) is 1. The number of nitrogens with zero attached hydrogens (tertiary/aromatic N) is 6. The van der Waals surface area contributed by atoms with Crippen LogP contribution in [0.3, 0.4) is 0 Å². The number of halogens is 3. The molecule has 2 atom stereocenters. The summed E-state index contributed by atoms with van der Waals surface area (Å²) in [7, 11) is 0. The molecule has 2 aromatic heterocycles. The number of benzene rings is 2. The zero-order valence-corrected chi connectivity index (χ0v) is 34.6. The number of aromatic nitrogens is 4. The molecule has 0 saturated carbocycles. The van der Waals surface area contributed by atoms with Gasteiger partial charge < -0.3 is 24.0 Å². The predicted octanol–water partition coefficient (Wildman–Crippen LogP) is 10.3. The Morgan fingerprint density at radius 1 is 0.778 bits per heavy atom. The average molecular weight is 805 g/mol. The van der Waals surface area contributed by atoms with Crippen LogP contribution in [0.1, 0.15) is 123 Å². The average Bonchev–Trinajstić information content (AvgIpc) is 4.01. The summed E-state index contributed by atoms with van der Waals surface area (Å²) in [4.78, 5) is 26.6. The minimum Gasteiger partial charge on any atom is -0.419 e. The molecule has 2 unspecified atom stereocenters. The van der Waals surface area contributed by atoms with Gasteiger partial charge in [-0.15, -0.1) is 20.4 Å². The largest absolute Gasteiger partial charge is 0.419 e. The van der Waals surface area contributed by atoms with Gasteiger partial charge in [0.1, 0.15) is 6.04 Å². The molecule has 2 fully saturated rings. The van der Waals surface area contributed by atoms with Crippen LogP contribution in [0.5, 0.6) is 0 Å². The minimum atomic E-state index is -0.221. The zero-order chi connectivity index (χ0) is 39.3. The van der Waals surface area contributed by atoms with Crippen molar-refractivity contribution in [2.24, 2.45) is 0 Å². The maximum absolute atomic E-state index is 12.3. The lowest BCUT2D eigenvalue weighted by atomic mass is 10.2. The molecular formula is C40H56Cl3N7O4. The van der Waals surface area contributed by atoms with Gasteiger partial charge in [-0.3, -0.25) is 9.59 Å². The van der Waals surface area contributed by atoms with Crippen LogP contribution in [-0.2, 0) is 9.59 Å². The maximum atomic E-state index is 12.3. The summed E-state index contributed by atoms with van der Waals surface area (Å²) in [5.74, 6) is 2.32. The quantitative estimate of drug-likeness (QED) is 0.130. The molecule has 54 heavy (non-hydrogen) atoms. The zero-order valence-electron chi connectivity index (χ0n) is 32.3. The number of carbonyl (C=O) groups excluding carboxylic acids is 2. The highest BCUT2D eigenvalue weighted by Gasteiger charge is 2.33. The Morgan fingerprint density at radius 3 is 1.80 bits per heavy atom. The Kier molecular flexibility index (Phi) is 20.8. The van der Waals surface area contributed by atoms with Gasteiger partial charge in [0.15, 0.2) is 0 Å². The van der Waals surface area contributed by atoms with Gasteiger partial charge in [0.05, 0.1) is 6.04 Å². The molecule has 0 spiro atoms. The summed E-state index contributed by atoms with van der Waals surface area (Å²) in [6, 6.07) is 14.8. The topological polar surface area (TPSA) is 130 Å². The molecule has 1 N–H and O–H groups in total. The van der Waals surface area contributed by atoms with Gasteiger partial charge in [-0.2, -0.15) is 0 Å². The number of carbonyl (C=O) groups is 2. The van der Waals surface area contributed by atoms with Gasteiger partial charge in [-0.1, -0.05) is 82.8 Å². The second-order valence-electron chi connectivity index (χ2n) is 13.0. The Labute approximate surface area is 335 Å². The highest BCUT2D eigenvalue weighted by atomic mass is 35.5. The predicted molar refractivity (Wildman–Crippen MR) is 217 cm³/mol. The summed E-state index contributed by atoms with van der Waals surface area (Å²) in [5, 5.41) is 20.8. The lowest BCUT2D eigenvalue weighted by molar-refractivity contribution is -0.132. The summed E-state index contributed by atoms with van der Waals surface area (Å²) in [6.45, 7) is 16.0. The first-order valence-corrected chi connectivity index (χ1v) is 20.4. The lowest BCUT2D eigenvalue weighted by Crippen LogP contribution is -2.30. The van der Waals surface area contributed by atoms with Crippen molar-refractivity contribution in [2.75, 3.05) is 32.7 Å². The fourth-order valence-corrected chi connectivity index (χ4v) is 6.41. The van der Waals surface area contributed by atoms with Crippen molar-refractivity contribution in [1.29, 1.82) is 0 Å². The summed E-state index contributed by atoms with van der Waals surface area (Å²) >= 11 is 16.9. The molecular weight excluding hydrogens is 749 g/mol. The van der Waals surface area contributed by atoms with E-state index in [0.717, 1.165) is 75.6 Å². The monoisotopic (exact) mass is 803 g/mol. The van der Waals surface area contributed by atoms with Crippen LogP contribution in [0, 0.1) is 0 Å². The minimum absolute atomic E-state index is 0.0974. The van der Waals surface area contributed by atoms with Crippen LogP contribution in [0.15, 0.2) is 57.4 Å². The van der Waals surface area contributed by atoms with Gasteiger partial charge >= 0.3 is 0 Å². The standard InChI is InChI=1S/C17H20ClN3O2.C12H12ClN3O.C6H15N.C5H9ClO/c1-2-3-9-15(22)21-10-5-8-14(21)17-20-19-16(23-17)12-6-4-7-13(18)11-12;13-9-4-1-3-8(7-9)11-15-16-12(17-11)10-5-2-6-14-10;1-4-7(5-2)6-3;1-2-3-4-5(6)7/h4,6-7,11,14H,2-3,5,8-10H2,1H3;1,3-4,7,10,14H,2,5-6H2;4-6H2,1-3H3;2-4H2,1H3. The molecule has 4 heterocycles. The van der Waals surface area contributed by atoms with Crippen molar-refractivity contribution in [3.05, 3.63) is 70.4 Å². The van der Waals surface area contributed by atoms with Crippen LogP contribution in [-0.4, -0.2) is 74.1 Å². The normalized spacial score (nSPS) is 16.2. The number of hydrogen-bond acceptors (Lipinski definition) is 10. The van der Waals surface area contributed by atoms with E-state index < -0.39 is 0 Å². The van der Waals surface area contributed by atoms with Gasteiger partial charge in [-0.05, 0) is 113 Å². The van der Waals surface area contributed by atoms with Gasteiger partial charge in [0.25, 0.3) is 0 Å². The SMILES string of the molecule is CCCCC(=O)Cl.CCCCC(=O)N1CCCC1c1nnc(-c2cccc(Cl)c2)o1.CCN(CC)CC.Clc1cccc(-c2nnc(C3CCCN3)o2)c1. The molecule has 2 aromatic carbocycles. The third-order valence-electron chi connectivity index (χ3n) is 9.05. The van der Waals surface area contributed by atoms with Gasteiger partial charge in [0.2, 0.25) is 34.7 Å². The van der Waals surface area contributed by atoms with Crippen LogP contribution in [0.4, 0.5) is 0 Å². The van der Waals surface area contributed by atoms with Crippen LogP contribution in [0.2, 0.25) is 10.0 Å². The molecule has 296 valence electrons. The Morgan fingerprint density at radius 2 is 1.33 bits per heavy atom. The van der Waals surface area contributed by atoms with Crippen molar-refractivity contribution in [2.45, 2.75) is 111 Å². The van der Waals surface area contributed by atoms with Crippen molar-refractivity contribution in [3.8, 4) is 22.9 Å². The fraction of sp³-hybridized carbons (Fsp3) is 0.550. The first kappa shape index (κ1) is 45.0. The first-order chi connectivity index (χ1) is 26.1. The third kappa shape index (κ3) is 15.1. The van der Waals surface area contributed by atoms with Crippen molar-refractivity contribution in [3.63, 3.8) is 0 Å². The Balaban J connectivity index is 0.000000221. The van der Waals surface area contributed by atoms with Crippen molar-refractivity contribution < 1.29 is 18.4 Å². The lowest BCUT2D eigenvalue weighted by Gasteiger charge is -2.21. The highest BCUT2D eigenvalue weighted by Crippen LogP contribution is 2.33. The Bertz CT molecular complexity index is 1670. The van der Waals surface area contributed by atoms with Gasteiger partial charge in [0, 0.05) is 40.6 Å². The molecule has 2 aliphatic rings. The highest BCUT2D eigenvalue weighted by molar-refractivity contribution is 6.63. The fourth-order valence-electron chi connectivity index (χ4n) is 5.90. The van der Waals surface area contributed by atoms with E-state index in [1.807, 2.05) is 48.2 Å². The van der Waals surface area contributed by atoms with Gasteiger partial charge in [-0.25, -0.2) is 0 Å². The van der Waals surface area contributed by atoms with Crippen LogP contribution in [0.25, 0.3) is 22.9 Å². The molecule has 6 rings (SSSR count). The molecule has 0 bridgehead atoms. The molecule has 2 aliphatic heterocycles. The molecule has 1 amide bonds. The molecule has 2 saturated heterocycles. The number of unbranched alkanes of at least 4 members (excludes halogenated alkanes) is 2. The van der Waals surface area contributed by atoms with E-state index >= 15 is 0 Å². The number of nitrogens with one attached hydrogen (secondary N) is 1. The maximum Gasteiger partial charge on any atom is 0.247 e. The van der Waals surface area contributed by atoms with E-state index in [2.05, 4.69) is 58.3 Å². The smallest absolute Gasteiger partial charge is 0.247 e. The van der Waals surface area contributed by atoms with E-state index in [-0.39, 0.29) is 23.2 Å². The van der Waals surface area contributed by atoms with E-state index in [1.165, 1.54) is 19.6 Å². The van der Waals surface area contributed by atoms with E-state index in [4.69, 9.17) is 43.6 Å². The summed E-state index contributed by atoms with van der Waals surface area (Å²) in [5.41, 5.74) is 1.65. The van der Waals surface area contributed by atoms with Crippen LogP contribution >= 0.6 is 34.8 Å². The first-order valence-electron chi connectivity index (χ1n) is 19.3. The van der Waals surface area contributed by atoms with E-state index in [1.54, 1.807) is 12.1 Å². The van der Waals surface area contributed by atoms with Crippen molar-refractivity contribution >= 4 is 46.0 Å². The molecule has 0 aliphatic carbocycles. The second-order valence-corrected chi connectivity index (χ2v) is 14.3. The number of likely N-dealkylation sites (tertiary alicyclic amines) is 1. The van der Waals surface area contributed by atoms with Crippen molar-refractivity contribution in [1.82, 2.24) is 35.5 Å². The van der Waals surface area contributed by atoms with Crippen LogP contribution < -0.4 is 5.32 Å². The Hall–Kier alpha value is -3.35. The van der Waals surface area contributed by atoms with E-state index in [9.17, 15) is 9.59 Å². The molecule has 11 nitrogen and oxygen atoms in total. The summed E-state index contributed by atoms with van der Waals surface area (Å²) in [6.07, 6.45) is 9.05. The van der Waals surface area contributed by atoms with E-state index in [0.29, 0.717) is 46.4 Å². The number of rotatable bonds is 13. The molecule has 0 radical (unpaired) electrons. The number of amides is 1.